The van der Waals surface area contributed by atoms with Gasteiger partial charge in [0.1, 0.15) is 18.5 Å². The molecule has 1 saturated heterocycles. The summed E-state index contributed by atoms with van der Waals surface area (Å²) in [5.74, 6) is 0.477. The Labute approximate surface area is 193 Å². The van der Waals surface area contributed by atoms with Crippen LogP contribution in [0.5, 0.6) is 5.75 Å². The van der Waals surface area contributed by atoms with Gasteiger partial charge in [-0.1, -0.05) is 40.9 Å². The van der Waals surface area contributed by atoms with Crippen LogP contribution in [0.4, 0.5) is 13.2 Å². The zero-order chi connectivity index (χ0) is 22.8. The Balaban J connectivity index is 1.54. The van der Waals surface area contributed by atoms with E-state index in [1.54, 1.807) is 18.2 Å². The summed E-state index contributed by atoms with van der Waals surface area (Å²) in [5, 5.41) is 21.5. The van der Waals surface area contributed by atoms with Crippen molar-refractivity contribution in [3.8, 4) is 5.75 Å². The van der Waals surface area contributed by atoms with E-state index in [1.165, 1.54) is 6.07 Å². The highest BCUT2D eigenvalue weighted by atomic mass is 35.5. The molecule has 1 aliphatic heterocycles. The Morgan fingerprint density at radius 3 is 2.26 bits per heavy atom. The minimum absolute atomic E-state index is 0.0326. The zero-order valence-corrected chi connectivity index (χ0v) is 18.6. The summed E-state index contributed by atoms with van der Waals surface area (Å²) in [6.45, 7) is 1.14. The molecule has 1 fully saturated rings. The van der Waals surface area contributed by atoms with Crippen molar-refractivity contribution >= 4 is 34.8 Å². The highest BCUT2D eigenvalue weighted by Gasteiger charge is 2.38. The monoisotopic (exact) mass is 497 g/mol. The van der Waals surface area contributed by atoms with E-state index in [1.807, 2.05) is 4.90 Å². The minimum atomic E-state index is -4.59. The Morgan fingerprint density at radius 2 is 1.65 bits per heavy atom. The molecule has 1 atom stereocenters. The second kappa shape index (κ2) is 9.73. The van der Waals surface area contributed by atoms with E-state index >= 15 is 0 Å². The molecule has 2 aromatic carbocycles. The predicted octanol–water partition coefficient (Wildman–Crippen LogP) is 5.39. The third-order valence-corrected chi connectivity index (χ3v) is 6.36. The van der Waals surface area contributed by atoms with Crippen LogP contribution in [-0.2, 0) is 11.8 Å². The van der Waals surface area contributed by atoms with Gasteiger partial charge in [0.25, 0.3) is 0 Å². The minimum Gasteiger partial charge on any atom is -0.491 e. The number of piperidine rings is 1. The quantitative estimate of drug-likeness (QED) is 0.561. The van der Waals surface area contributed by atoms with Crippen LogP contribution in [0.3, 0.4) is 0 Å². The summed E-state index contributed by atoms with van der Waals surface area (Å²) >= 11 is 17.5. The molecule has 31 heavy (non-hydrogen) atoms. The highest BCUT2D eigenvalue weighted by molar-refractivity contribution is 6.42. The first-order valence-electron chi connectivity index (χ1n) is 9.56. The van der Waals surface area contributed by atoms with E-state index in [0.717, 1.165) is 12.1 Å². The van der Waals surface area contributed by atoms with E-state index in [0.29, 0.717) is 35.4 Å². The average Bonchev–Trinajstić information content (AvgIpc) is 2.70. The van der Waals surface area contributed by atoms with Gasteiger partial charge in [-0.25, -0.2) is 0 Å². The molecule has 0 aromatic heterocycles. The second-order valence-corrected chi connectivity index (χ2v) is 8.79. The van der Waals surface area contributed by atoms with Crippen LogP contribution in [0.25, 0.3) is 0 Å². The number of likely N-dealkylation sites (tertiary alicyclic amines) is 1. The maximum Gasteiger partial charge on any atom is 0.417 e. The molecule has 0 saturated carbocycles. The van der Waals surface area contributed by atoms with Crippen molar-refractivity contribution in [2.45, 2.75) is 30.7 Å². The second-order valence-electron chi connectivity index (χ2n) is 7.57. The number of ether oxygens (including phenoxy) is 1. The fraction of sp³-hybridized carbons (Fsp3) is 0.429. The van der Waals surface area contributed by atoms with E-state index in [2.05, 4.69) is 0 Å². The third-order valence-electron chi connectivity index (χ3n) is 5.29. The van der Waals surface area contributed by atoms with Crippen LogP contribution in [0.15, 0.2) is 36.4 Å². The lowest BCUT2D eigenvalue weighted by Gasteiger charge is -2.39. The number of halogens is 6. The van der Waals surface area contributed by atoms with E-state index < -0.39 is 28.5 Å². The molecule has 0 aliphatic carbocycles. The van der Waals surface area contributed by atoms with Gasteiger partial charge in [-0.15, -0.1) is 0 Å². The summed E-state index contributed by atoms with van der Waals surface area (Å²) in [6, 6.07) is 8.29. The Hall–Kier alpha value is -1.22. The highest BCUT2D eigenvalue weighted by Crippen LogP contribution is 2.40. The van der Waals surface area contributed by atoms with Crippen LogP contribution >= 0.6 is 34.8 Å². The predicted molar refractivity (Wildman–Crippen MR) is 114 cm³/mol. The molecule has 0 spiro atoms. The van der Waals surface area contributed by atoms with Crippen molar-refractivity contribution in [1.82, 2.24) is 4.90 Å². The van der Waals surface area contributed by atoms with Crippen LogP contribution in [0.1, 0.15) is 24.0 Å². The molecule has 0 amide bonds. The van der Waals surface area contributed by atoms with Crippen molar-refractivity contribution in [3.63, 3.8) is 0 Å². The molecule has 2 N–H and O–H groups in total. The van der Waals surface area contributed by atoms with Crippen LogP contribution in [0.2, 0.25) is 15.1 Å². The Morgan fingerprint density at radius 1 is 1.00 bits per heavy atom. The van der Waals surface area contributed by atoms with Crippen molar-refractivity contribution in [1.29, 1.82) is 0 Å². The zero-order valence-electron chi connectivity index (χ0n) is 16.3. The van der Waals surface area contributed by atoms with Crippen LogP contribution < -0.4 is 4.74 Å². The molecule has 2 aromatic rings. The van der Waals surface area contributed by atoms with Gasteiger partial charge in [-0.2, -0.15) is 13.2 Å². The van der Waals surface area contributed by atoms with Crippen molar-refractivity contribution in [2.75, 3.05) is 26.2 Å². The lowest BCUT2D eigenvalue weighted by Crippen LogP contribution is -2.46. The van der Waals surface area contributed by atoms with Gasteiger partial charge in [0.05, 0.1) is 26.2 Å². The van der Waals surface area contributed by atoms with Crippen LogP contribution in [-0.4, -0.2) is 47.5 Å². The topological polar surface area (TPSA) is 52.9 Å². The van der Waals surface area contributed by atoms with Crippen molar-refractivity contribution in [2.24, 2.45) is 0 Å². The summed E-state index contributed by atoms with van der Waals surface area (Å²) in [7, 11) is 0. The normalized spacial score (nSPS) is 18.1. The summed E-state index contributed by atoms with van der Waals surface area (Å²) < 4.78 is 44.9. The summed E-state index contributed by atoms with van der Waals surface area (Å²) in [4.78, 5) is 1.93. The number of nitrogens with zero attached hydrogens (tertiary/aromatic N) is 1. The maximum absolute atomic E-state index is 13.1. The molecule has 4 nitrogen and oxygen atoms in total. The smallest absolute Gasteiger partial charge is 0.417 e. The third kappa shape index (κ3) is 6.18. The Bertz CT molecular complexity index is 918. The molecular weight excluding hydrogens is 478 g/mol. The molecule has 10 heteroatoms. The maximum atomic E-state index is 13.1. The first kappa shape index (κ1) is 24.4. The number of alkyl halides is 3. The molecular formula is C21H21Cl3F3NO3. The molecule has 170 valence electrons. The number of hydrogen-bond donors (Lipinski definition) is 2. The number of aliphatic hydroxyl groups is 2. The van der Waals surface area contributed by atoms with Crippen molar-refractivity contribution in [3.05, 3.63) is 62.6 Å². The lowest BCUT2D eigenvalue weighted by molar-refractivity contribution is -0.137. The van der Waals surface area contributed by atoms with Gasteiger partial charge in [0, 0.05) is 25.7 Å². The summed E-state index contributed by atoms with van der Waals surface area (Å²) in [5.41, 5.74) is -2.16. The molecule has 0 bridgehead atoms. The molecule has 0 radical (unpaired) electrons. The fourth-order valence-corrected chi connectivity index (χ4v) is 4.05. The number of benzene rings is 2. The van der Waals surface area contributed by atoms with Gasteiger partial charge in [-0.3, -0.25) is 0 Å². The Kier molecular flexibility index (Phi) is 7.66. The average molecular weight is 499 g/mol. The number of aliphatic hydroxyl groups excluding tert-OH is 1. The van der Waals surface area contributed by atoms with E-state index in [4.69, 9.17) is 39.5 Å². The molecule has 0 unspecified atom stereocenters. The van der Waals surface area contributed by atoms with Gasteiger partial charge in [0.2, 0.25) is 0 Å². The summed E-state index contributed by atoms with van der Waals surface area (Å²) in [6.07, 6.45) is -4.94. The van der Waals surface area contributed by atoms with Gasteiger partial charge >= 0.3 is 6.18 Å². The SMILES string of the molecule is O[C@@H](COc1ccc(Cl)c(Cl)c1)CN1CCC(O)(c2ccc(Cl)c(C(F)(F)F)c2)CC1. The first-order valence-corrected chi connectivity index (χ1v) is 10.7. The number of β-amino-alcohol motifs (C(OH)–C–C–N with tert-alkyl or cyclic N) is 1. The molecule has 3 rings (SSSR count). The van der Waals surface area contributed by atoms with Gasteiger partial charge in [-0.05, 0) is 42.7 Å². The van der Waals surface area contributed by atoms with E-state index in [-0.39, 0.29) is 25.0 Å². The van der Waals surface area contributed by atoms with Gasteiger partial charge < -0.3 is 19.8 Å². The fourth-order valence-electron chi connectivity index (χ4n) is 3.54. The molecule has 1 aliphatic rings. The van der Waals surface area contributed by atoms with E-state index in [9.17, 15) is 23.4 Å². The largest absolute Gasteiger partial charge is 0.491 e. The number of rotatable bonds is 6. The standard InChI is InChI=1S/C21H21Cl3F3NO3/c22-17-3-1-13(9-16(17)21(25,26)27)20(30)5-7-28(8-6-20)11-14(29)12-31-15-2-4-18(23)19(24)10-15/h1-4,9-10,14,29-30H,5-8,11-12H2/t14-/m1/s1. The van der Waals surface area contributed by atoms with Crippen LogP contribution in [0, 0.1) is 0 Å². The molecule has 1 heterocycles. The lowest BCUT2D eigenvalue weighted by atomic mass is 9.83. The first-order chi connectivity index (χ1) is 14.5. The number of hydrogen-bond acceptors (Lipinski definition) is 4. The van der Waals surface area contributed by atoms with Crippen molar-refractivity contribution < 1.29 is 28.1 Å². The van der Waals surface area contributed by atoms with Gasteiger partial charge in [0.15, 0.2) is 0 Å².